The second kappa shape index (κ2) is 7.20. The van der Waals surface area contributed by atoms with Gasteiger partial charge in [0.1, 0.15) is 0 Å². The molecule has 154 valence electrons. The highest BCUT2D eigenvalue weighted by molar-refractivity contribution is 5.91. The van der Waals surface area contributed by atoms with Gasteiger partial charge in [-0.15, -0.1) is 0 Å². The van der Waals surface area contributed by atoms with Gasteiger partial charge in [0, 0.05) is 35.4 Å². The maximum atomic E-state index is 13.1. The predicted molar refractivity (Wildman–Crippen MR) is 115 cm³/mol. The molecule has 1 aromatic heterocycles. The van der Waals surface area contributed by atoms with Crippen LogP contribution in [-0.4, -0.2) is 42.1 Å². The fourth-order valence-corrected chi connectivity index (χ4v) is 5.23. The van der Waals surface area contributed by atoms with Gasteiger partial charge in [-0.3, -0.25) is 4.79 Å². The number of aromatic amines is 1. The number of piperidine rings is 1. The first-order valence-electron chi connectivity index (χ1n) is 10.4. The van der Waals surface area contributed by atoms with E-state index in [0.29, 0.717) is 19.5 Å². The quantitative estimate of drug-likeness (QED) is 0.636. The summed E-state index contributed by atoms with van der Waals surface area (Å²) in [6, 6.07) is 17.4. The van der Waals surface area contributed by atoms with Gasteiger partial charge in [0.25, 0.3) is 0 Å². The molecule has 2 aliphatic rings. The number of para-hydroxylation sites is 2. The zero-order chi connectivity index (χ0) is 20.7. The maximum Gasteiger partial charge on any atom is 0.321 e. The third-order valence-electron chi connectivity index (χ3n) is 6.75. The van der Waals surface area contributed by atoms with E-state index in [9.17, 15) is 9.59 Å². The molecule has 1 aliphatic carbocycles. The van der Waals surface area contributed by atoms with Crippen LogP contribution in [-0.2, 0) is 22.4 Å². The van der Waals surface area contributed by atoms with E-state index in [1.165, 1.54) is 18.4 Å². The third-order valence-corrected chi connectivity index (χ3v) is 6.75. The molecule has 0 saturated carbocycles. The number of carbonyl (C=O) groups is 2. The number of likely N-dealkylation sites (tertiary alicyclic amines) is 1. The Morgan fingerprint density at radius 3 is 2.70 bits per heavy atom. The predicted octanol–water partition coefficient (Wildman–Crippen LogP) is 3.98. The van der Waals surface area contributed by atoms with E-state index in [4.69, 9.17) is 4.74 Å². The summed E-state index contributed by atoms with van der Waals surface area (Å²) in [6.07, 6.45) is 2.15. The SMILES string of the molecule is COC(=O)[C@]12Cc3c([nH]c4ccccc34)C[C@@H]1CCN(C(=O)Nc1ccccc1)C2. The Bertz CT molecular complexity index is 1110. The Morgan fingerprint density at radius 2 is 1.90 bits per heavy atom. The Kier molecular flexibility index (Phi) is 4.50. The van der Waals surface area contributed by atoms with Crippen LogP contribution in [0.5, 0.6) is 0 Å². The molecule has 2 atom stereocenters. The highest BCUT2D eigenvalue weighted by atomic mass is 16.5. The van der Waals surface area contributed by atoms with Gasteiger partial charge < -0.3 is 19.9 Å². The van der Waals surface area contributed by atoms with Gasteiger partial charge in [-0.1, -0.05) is 36.4 Å². The van der Waals surface area contributed by atoms with Gasteiger partial charge in [0.15, 0.2) is 0 Å². The molecular weight excluding hydrogens is 378 g/mol. The molecule has 0 radical (unpaired) electrons. The van der Waals surface area contributed by atoms with Gasteiger partial charge in [0.2, 0.25) is 0 Å². The van der Waals surface area contributed by atoms with Crippen molar-refractivity contribution < 1.29 is 14.3 Å². The van der Waals surface area contributed by atoms with E-state index < -0.39 is 5.41 Å². The molecule has 6 heteroatoms. The number of rotatable bonds is 2. The van der Waals surface area contributed by atoms with Gasteiger partial charge in [0.05, 0.1) is 12.5 Å². The van der Waals surface area contributed by atoms with Crippen molar-refractivity contribution in [2.75, 3.05) is 25.5 Å². The maximum absolute atomic E-state index is 13.1. The van der Waals surface area contributed by atoms with Gasteiger partial charge >= 0.3 is 12.0 Å². The first-order chi connectivity index (χ1) is 14.6. The molecular formula is C24H25N3O3. The Hall–Kier alpha value is -3.28. The molecule has 5 rings (SSSR count). The Morgan fingerprint density at radius 1 is 1.13 bits per heavy atom. The topological polar surface area (TPSA) is 74.4 Å². The van der Waals surface area contributed by atoms with E-state index in [1.54, 1.807) is 4.90 Å². The van der Waals surface area contributed by atoms with E-state index in [2.05, 4.69) is 22.4 Å². The van der Waals surface area contributed by atoms with E-state index in [-0.39, 0.29) is 17.9 Å². The first kappa shape index (κ1) is 18.7. The van der Waals surface area contributed by atoms with Crippen LogP contribution < -0.4 is 5.32 Å². The van der Waals surface area contributed by atoms with Crippen LogP contribution >= 0.6 is 0 Å². The Labute approximate surface area is 175 Å². The summed E-state index contributed by atoms with van der Waals surface area (Å²) in [5.74, 6) is -0.0769. The summed E-state index contributed by atoms with van der Waals surface area (Å²) in [5, 5.41) is 4.11. The number of nitrogens with one attached hydrogen (secondary N) is 2. The van der Waals surface area contributed by atoms with Gasteiger partial charge in [-0.05, 0) is 48.9 Å². The van der Waals surface area contributed by atoms with Crippen molar-refractivity contribution in [2.24, 2.45) is 11.3 Å². The highest BCUT2D eigenvalue weighted by Crippen LogP contribution is 2.47. The number of H-pyrrole nitrogens is 1. The molecule has 0 unspecified atom stereocenters. The molecule has 30 heavy (non-hydrogen) atoms. The molecule has 1 aliphatic heterocycles. The average molecular weight is 403 g/mol. The van der Waals surface area contributed by atoms with Crippen molar-refractivity contribution in [1.29, 1.82) is 0 Å². The summed E-state index contributed by atoms with van der Waals surface area (Å²) in [6.45, 7) is 0.986. The number of benzene rings is 2. The third kappa shape index (κ3) is 2.95. The number of aromatic nitrogens is 1. The molecule has 2 N–H and O–H groups in total. The standard InChI is InChI=1S/C24H25N3O3/c1-30-22(28)24-14-19-18-9-5-6-10-20(18)26-21(19)13-16(24)11-12-27(15-24)23(29)25-17-7-3-2-4-8-17/h2-10,16,26H,11-15H2,1H3,(H,25,29)/t16-,24-/m0/s1. The van der Waals surface area contributed by atoms with Crippen LogP contribution in [0.1, 0.15) is 17.7 Å². The number of hydrogen-bond acceptors (Lipinski definition) is 3. The number of hydrogen-bond donors (Lipinski definition) is 2. The number of methoxy groups -OCH3 is 1. The summed E-state index contributed by atoms with van der Waals surface area (Å²) in [4.78, 5) is 31.4. The molecule has 0 spiro atoms. The second-order valence-corrected chi connectivity index (χ2v) is 8.36. The van der Waals surface area contributed by atoms with Crippen molar-refractivity contribution in [1.82, 2.24) is 9.88 Å². The molecule has 2 amide bonds. The lowest BCUT2D eigenvalue weighted by atomic mass is 9.62. The number of urea groups is 1. The van der Waals surface area contributed by atoms with E-state index in [0.717, 1.165) is 29.4 Å². The summed E-state index contributed by atoms with van der Waals surface area (Å²) in [7, 11) is 1.45. The monoisotopic (exact) mass is 403 g/mol. The second-order valence-electron chi connectivity index (χ2n) is 8.36. The molecule has 0 bridgehead atoms. The lowest BCUT2D eigenvalue weighted by Gasteiger charge is -2.48. The normalized spacial score (nSPS) is 22.8. The zero-order valence-corrected chi connectivity index (χ0v) is 17.0. The van der Waals surface area contributed by atoms with Crippen molar-refractivity contribution in [2.45, 2.75) is 19.3 Å². The molecule has 6 nitrogen and oxygen atoms in total. The van der Waals surface area contributed by atoms with Crippen molar-refractivity contribution in [3.8, 4) is 0 Å². The number of amides is 2. The number of fused-ring (bicyclic) bond motifs is 4. The fourth-order valence-electron chi connectivity index (χ4n) is 5.23. The molecule has 1 saturated heterocycles. The van der Waals surface area contributed by atoms with Gasteiger partial charge in [-0.25, -0.2) is 4.79 Å². The molecule has 1 fully saturated rings. The summed E-state index contributed by atoms with van der Waals surface area (Å²) in [5.41, 5.74) is 3.51. The zero-order valence-electron chi connectivity index (χ0n) is 17.0. The van der Waals surface area contributed by atoms with Crippen molar-refractivity contribution >= 4 is 28.6 Å². The van der Waals surface area contributed by atoms with Crippen LogP contribution in [0, 0.1) is 11.3 Å². The van der Waals surface area contributed by atoms with Crippen molar-refractivity contribution in [3.63, 3.8) is 0 Å². The van der Waals surface area contributed by atoms with E-state index >= 15 is 0 Å². The summed E-state index contributed by atoms with van der Waals surface area (Å²) >= 11 is 0. The first-order valence-corrected chi connectivity index (χ1v) is 10.4. The molecule has 2 heterocycles. The fraction of sp³-hybridized carbons (Fsp3) is 0.333. The number of carbonyl (C=O) groups excluding carboxylic acids is 2. The van der Waals surface area contributed by atoms with Crippen LogP contribution in [0.25, 0.3) is 10.9 Å². The Balaban J connectivity index is 1.48. The van der Waals surface area contributed by atoms with Crippen LogP contribution in [0.4, 0.5) is 10.5 Å². The van der Waals surface area contributed by atoms with Gasteiger partial charge in [-0.2, -0.15) is 0 Å². The minimum absolute atomic E-state index is 0.145. The minimum atomic E-state index is -0.723. The van der Waals surface area contributed by atoms with E-state index in [1.807, 2.05) is 42.5 Å². The number of anilines is 1. The minimum Gasteiger partial charge on any atom is -0.469 e. The lowest BCUT2D eigenvalue weighted by molar-refractivity contribution is -0.160. The summed E-state index contributed by atoms with van der Waals surface area (Å²) < 4.78 is 5.29. The number of esters is 1. The lowest BCUT2D eigenvalue weighted by Crippen LogP contribution is -2.58. The van der Waals surface area contributed by atoms with Crippen LogP contribution in [0.2, 0.25) is 0 Å². The smallest absolute Gasteiger partial charge is 0.321 e. The average Bonchev–Trinajstić information content (AvgIpc) is 3.14. The largest absolute Gasteiger partial charge is 0.469 e. The number of nitrogens with zero attached hydrogens (tertiary/aromatic N) is 1. The number of ether oxygens (including phenoxy) is 1. The van der Waals surface area contributed by atoms with Crippen LogP contribution in [0.3, 0.4) is 0 Å². The molecule has 2 aromatic carbocycles. The highest BCUT2D eigenvalue weighted by Gasteiger charge is 2.54. The molecule has 3 aromatic rings. The van der Waals surface area contributed by atoms with Crippen molar-refractivity contribution in [3.05, 3.63) is 65.9 Å². The van der Waals surface area contributed by atoms with Crippen LogP contribution in [0.15, 0.2) is 54.6 Å².